The Labute approximate surface area is 222 Å². The van der Waals surface area contributed by atoms with Gasteiger partial charge in [-0.2, -0.15) is 5.10 Å². The standard InChI is InChI=1S/C28H36N6O4/c1-16-10-17(2)31-27(36)24(16)14-29-26(35)23-11-19(20-13-30-33(4)15-20)12-25(18(23)3)34(5)22-8-6-21(7-9-22)32-28(37)38/h10-13,15,21-22,32H,6-9,14H2,1-5H3,(H,29,35)(H,31,36)(H,37,38)/t21-,22-. The predicted molar refractivity (Wildman–Crippen MR) is 147 cm³/mol. The average molecular weight is 521 g/mol. The van der Waals surface area contributed by atoms with Crippen LogP contribution >= 0.6 is 0 Å². The number of carboxylic acid groups (broad SMARTS) is 1. The lowest BCUT2D eigenvalue weighted by molar-refractivity contribution is 0.0950. The van der Waals surface area contributed by atoms with Crippen molar-refractivity contribution < 1.29 is 14.7 Å². The highest BCUT2D eigenvalue weighted by atomic mass is 16.4. The number of aromatic amines is 1. The summed E-state index contributed by atoms with van der Waals surface area (Å²) in [4.78, 5) is 42.0. The van der Waals surface area contributed by atoms with Crippen molar-refractivity contribution in [3.8, 4) is 11.1 Å². The molecule has 1 aromatic carbocycles. The monoisotopic (exact) mass is 520 g/mol. The number of carbonyl (C=O) groups is 2. The Morgan fingerprint density at radius 3 is 2.45 bits per heavy atom. The summed E-state index contributed by atoms with van der Waals surface area (Å²) >= 11 is 0. The highest BCUT2D eigenvalue weighted by Gasteiger charge is 2.27. The van der Waals surface area contributed by atoms with E-state index in [4.69, 9.17) is 5.11 Å². The minimum absolute atomic E-state index is 0.0327. The number of rotatable bonds is 7. The summed E-state index contributed by atoms with van der Waals surface area (Å²) in [6.45, 7) is 5.76. The highest BCUT2D eigenvalue weighted by molar-refractivity contribution is 5.98. The molecule has 0 unspecified atom stereocenters. The third kappa shape index (κ3) is 5.90. The van der Waals surface area contributed by atoms with E-state index in [2.05, 4.69) is 31.7 Å². The van der Waals surface area contributed by atoms with Gasteiger partial charge in [-0.15, -0.1) is 0 Å². The van der Waals surface area contributed by atoms with Crippen LogP contribution in [-0.4, -0.2) is 51.0 Å². The molecule has 4 N–H and O–H groups in total. The summed E-state index contributed by atoms with van der Waals surface area (Å²) < 4.78 is 1.72. The number of carbonyl (C=O) groups excluding carboxylic acids is 1. The number of amides is 2. The minimum atomic E-state index is -0.986. The zero-order valence-electron chi connectivity index (χ0n) is 22.6. The fourth-order valence-electron chi connectivity index (χ4n) is 5.38. The smallest absolute Gasteiger partial charge is 0.404 e. The van der Waals surface area contributed by atoms with E-state index >= 15 is 0 Å². The van der Waals surface area contributed by atoms with Crippen molar-refractivity contribution in [2.75, 3.05) is 11.9 Å². The van der Waals surface area contributed by atoms with Crippen LogP contribution in [0.4, 0.5) is 10.5 Å². The van der Waals surface area contributed by atoms with Gasteiger partial charge in [-0.05, 0) is 81.3 Å². The maximum atomic E-state index is 13.5. The van der Waals surface area contributed by atoms with E-state index < -0.39 is 6.09 Å². The van der Waals surface area contributed by atoms with Crippen molar-refractivity contribution in [3.63, 3.8) is 0 Å². The third-order valence-electron chi connectivity index (χ3n) is 7.53. The molecule has 0 aliphatic heterocycles. The lowest BCUT2D eigenvalue weighted by Crippen LogP contribution is -2.42. The molecule has 1 fully saturated rings. The van der Waals surface area contributed by atoms with Gasteiger partial charge in [-0.1, -0.05) is 0 Å². The summed E-state index contributed by atoms with van der Waals surface area (Å²) in [6, 6.07) is 6.03. The van der Waals surface area contributed by atoms with Gasteiger partial charge >= 0.3 is 6.09 Å². The summed E-state index contributed by atoms with van der Waals surface area (Å²) in [5.74, 6) is -0.253. The third-order valence-corrected chi connectivity index (χ3v) is 7.53. The Morgan fingerprint density at radius 1 is 1.13 bits per heavy atom. The van der Waals surface area contributed by atoms with Gasteiger partial charge in [0.15, 0.2) is 0 Å². The molecule has 2 amide bonds. The molecule has 4 rings (SSSR count). The first-order chi connectivity index (χ1) is 18.0. The van der Waals surface area contributed by atoms with Crippen molar-refractivity contribution in [1.82, 2.24) is 25.4 Å². The first kappa shape index (κ1) is 27.0. The summed E-state index contributed by atoms with van der Waals surface area (Å²) in [7, 11) is 3.88. The first-order valence-electron chi connectivity index (χ1n) is 12.9. The quantitative estimate of drug-likeness (QED) is 0.376. The van der Waals surface area contributed by atoms with E-state index in [1.165, 1.54) is 0 Å². The number of nitrogens with zero attached hydrogens (tertiary/aromatic N) is 3. The van der Waals surface area contributed by atoms with Crippen LogP contribution < -0.4 is 21.1 Å². The summed E-state index contributed by atoms with van der Waals surface area (Å²) in [5.41, 5.74) is 6.05. The van der Waals surface area contributed by atoms with Crippen LogP contribution in [0.15, 0.2) is 35.4 Å². The summed E-state index contributed by atoms with van der Waals surface area (Å²) in [5, 5.41) is 18.9. The molecule has 1 saturated carbocycles. The Hall–Kier alpha value is -4.08. The van der Waals surface area contributed by atoms with Gasteiger partial charge in [-0.3, -0.25) is 14.3 Å². The van der Waals surface area contributed by atoms with E-state index in [0.29, 0.717) is 11.1 Å². The van der Waals surface area contributed by atoms with Gasteiger partial charge in [-0.25, -0.2) is 4.79 Å². The second-order valence-corrected chi connectivity index (χ2v) is 10.3. The average Bonchev–Trinajstić information content (AvgIpc) is 3.29. The van der Waals surface area contributed by atoms with E-state index in [9.17, 15) is 14.4 Å². The van der Waals surface area contributed by atoms with Crippen LogP contribution in [-0.2, 0) is 13.6 Å². The van der Waals surface area contributed by atoms with Crippen LogP contribution in [0.3, 0.4) is 0 Å². The Kier molecular flexibility index (Phi) is 7.89. The van der Waals surface area contributed by atoms with Gasteiger partial charge in [0.25, 0.3) is 11.5 Å². The van der Waals surface area contributed by atoms with Crippen LogP contribution in [0.1, 0.15) is 58.4 Å². The molecule has 1 aliphatic carbocycles. The van der Waals surface area contributed by atoms with Gasteiger partial charge in [0.2, 0.25) is 0 Å². The fraction of sp³-hybridized carbons (Fsp3) is 0.429. The molecule has 202 valence electrons. The second-order valence-electron chi connectivity index (χ2n) is 10.3. The number of hydrogen-bond acceptors (Lipinski definition) is 5. The first-order valence-corrected chi connectivity index (χ1v) is 12.9. The number of benzene rings is 1. The lowest BCUT2D eigenvalue weighted by atomic mass is 9.89. The lowest BCUT2D eigenvalue weighted by Gasteiger charge is -2.37. The van der Waals surface area contributed by atoms with Crippen LogP contribution in [0.5, 0.6) is 0 Å². The van der Waals surface area contributed by atoms with Crippen molar-refractivity contribution >= 4 is 17.7 Å². The SMILES string of the molecule is Cc1cc(C)c(CNC(=O)c2cc(-c3cnn(C)c3)cc(N(C)[C@H]3CC[C@H](NC(=O)O)CC3)c2C)c(=O)[nH]1. The van der Waals surface area contributed by atoms with E-state index in [-0.39, 0.29) is 30.1 Å². The Bertz CT molecular complexity index is 1400. The van der Waals surface area contributed by atoms with E-state index in [1.807, 2.05) is 53.2 Å². The van der Waals surface area contributed by atoms with Gasteiger partial charge in [0.1, 0.15) is 0 Å². The number of anilines is 1. The van der Waals surface area contributed by atoms with Crippen molar-refractivity contribution in [1.29, 1.82) is 0 Å². The van der Waals surface area contributed by atoms with Crippen LogP contribution in [0.2, 0.25) is 0 Å². The Morgan fingerprint density at radius 2 is 1.84 bits per heavy atom. The molecule has 0 bridgehead atoms. The van der Waals surface area contributed by atoms with Gasteiger partial charge in [0, 0.05) is 67.0 Å². The molecule has 0 spiro atoms. The fourth-order valence-corrected chi connectivity index (χ4v) is 5.38. The topological polar surface area (TPSA) is 132 Å². The number of aryl methyl sites for hydroxylation is 3. The number of pyridine rings is 1. The molecule has 3 aromatic rings. The number of aromatic nitrogens is 3. The van der Waals surface area contributed by atoms with E-state index in [1.54, 1.807) is 10.9 Å². The molecular weight excluding hydrogens is 484 g/mol. The maximum absolute atomic E-state index is 13.5. The molecule has 0 saturated heterocycles. The number of hydrogen-bond donors (Lipinski definition) is 4. The second kappa shape index (κ2) is 11.1. The largest absolute Gasteiger partial charge is 0.465 e. The van der Waals surface area contributed by atoms with E-state index in [0.717, 1.165) is 59.3 Å². The molecule has 10 nitrogen and oxygen atoms in total. The maximum Gasteiger partial charge on any atom is 0.404 e. The van der Waals surface area contributed by atoms with Gasteiger partial charge in [0.05, 0.1) is 6.20 Å². The molecule has 2 heterocycles. The zero-order chi connectivity index (χ0) is 27.6. The number of nitrogens with one attached hydrogen (secondary N) is 3. The molecule has 1 aliphatic rings. The normalized spacial score (nSPS) is 17.2. The van der Waals surface area contributed by atoms with Crippen molar-refractivity contribution in [2.45, 2.75) is 65.1 Å². The van der Waals surface area contributed by atoms with Gasteiger partial charge < -0.3 is 25.6 Å². The van der Waals surface area contributed by atoms with Crippen molar-refractivity contribution in [2.24, 2.45) is 7.05 Å². The molecule has 0 radical (unpaired) electrons. The molecule has 0 atom stereocenters. The zero-order valence-corrected chi connectivity index (χ0v) is 22.6. The van der Waals surface area contributed by atoms with Crippen molar-refractivity contribution in [3.05, 3.63) is 68.9 Å². The predicted octanol–water partition coefficient (Wildman–Crippen LogP) is 3.65. The Balaban J connectivity index is 1.63. The minimum Gasteiger partial charge on any atom is -0.465 e. The summed E-state index contributed by atoms with van der Waals surface area (Å²) in [6.07, 6.45) is 5.91. The molecule has 10 heteroatoms. The molecule has 2 aromatic heterocycles. The van der Waals surface area contributed by atoms with Crippen LogP contribution in [0, 0.1) is 20.8 Å². The highest BCUT2D eigenvalue weighted by Crippen LogP contribution is 2.34. The molecular formula is C28H36N6O4. The molecule has 38 heavy (non-hydrogen) atoms. The number of H-pyrrole nitrogens is 1. The van der Waals surface area contributed by atoms with Crippen LogP contribution in [0.25, 0.3) is 11.1 Å².